The first-order valence-electron chi connectivity index (χ1n) is 7.01. The van der Waals surface area contributed by atoms with E-state index in [0.717, 1.165) is 11.1 Å². The first-order chi connectivity index (χ1) is 9.44. The van der Waals surface area contributed by atoms with E-state index in [1.165, 1.54) is 12.8 Å². The van der Waals surface area contributed by atoms with Crippen molar-refractivity contribution in [2.45, 2.75) is 37.6 Å². The lowest BCUT2D eigenvalue weighted by Gasteiger charge is -2.13. The Morgan fingerprint density at radius 2 is 2.15 bits per heavy atom. The van der Waals surface area contributed by atoms with Gasteiger partial charge in [0.1, 0.15) is 0 Å². The van der Waals surface area contributed by atoms with Crippen LogP contribution in [0.1, 0.15) is 43.9 Å². The fourth-order valence-corrected chi connectivity index (χ4v) is 3.14. The summed E-state index contributed by atoms with van der Waals surface area (Å²) in [6.07, 6.45) is 6.73. The fraction of sp³-hybridized carbons (Fsp3) is 0.467. The second kappa shape index (κ2) is 6.08. The third kappa shape index (κ3) is 3.69. The molecule has 1 fully saturated rings. The van der Waals surface area contributed by atoms with Crippen LogP contribution in [0.3, 0.4) is 0 Å². The summed E-state index contributed by atoms with van der Waals surface area (Å²) in [6.45, 7) is 4.00. The van der Waals surface area contributed by atoms with E-state index in [4.69, 9.17) is 5.73 Å². The highest BCUT2D eigenvalue weighted by Gasteiger charge is 2.18. The van der Waals surface area contributed by atoms with E-state index < -0.39 is 10.0 Å². The van der Waals surface area contributed by atoms with E-state index in [1.807, 2.05) is 13.0 Å². The molecule has 1 aliphatic rings. The molecular formula is C15H22N2O2S. The number of sulfonamides is 1. The first kappa shape index (κ1) is 15.2. The molecule has 110 valence electrons. The maximum absolute atomic E-state index is 12.0. The van der Waals surface area contributed by atoms with Gasteiger partial charge in [-0.05, 0) is 48.9 Å². The molecule has 0 saturated heterocycles. The van der Waals surface area contributed by atoms with Gasteiger partial charge in [-0.2, -0.15) is 0 Å². The Bertz CT molecular complexity index is 602. The monoisotopic (exact) mass is 294 g/mol. The largest absolute Gasteiger partial charge is 0.324 e. The summed E-state index contributed by atoms with van der Waals surface area (Å²) in [5, 5.41) is 0. The minimum Gasteiger partial charge on any atom is -0.324 e. The van der Waals surface area contributed by atoms with Crippen molar-refractivity contribution in [3.63, 3.8) is 0 Å². The van der Waals surface area contributed by atoms with E-state index in [-0.39, 0.29) is 10.9 Å². The summed E-state index contributed by atoms with van der Waals surface area (Å²) < 4.78 is 26.5. The molecule has 1 aromatic rings. The molecule has 1 atom stereocenters. The third-order valence-electron chi connectivity index (χ3n) is 3.36. The average Bonchev–Trinajstić information content (AvgIpc) is 3.20. The molecule has 1 aromatic carbocycles. The van der Waals surface area contributed by atoms with Gasteiger partial charge in [0.25, 0.3) is 0 Å². The van der Waals surface area contributed by atoms with E-state index in [2.05, 4.69) is 16.9 Å². The minimum absolute atomic E-state index is 0.203. The van der Waals surface area contributed by atoms with Crippen LogP contribution in [0.15, 0.2) is 29.2 Å². The van der Waals surface area contributed by atoms with Gasteiger partial charge in [0.05, 0.1) is 4.90 Å². The number of hydrogen-bond donors (Lipinski definition) is 2. The Morgan fingerprint density at radius 1 is 1.45 bits per heavy atom. The Hall–Kier alpha value is -1.17. The average molecular weight is 294 g/mol. The highest BCUT2D eigenvalue weighted by atomic mass is 32.2. The topological polar surface area (TPSA) is 72.2 Å². The van der Waals surface area contributed by atoms with Gasteiger partial charge in [0.2, 0.25) is 10.0 Å². The summed E-state index contributed by atoms with van der Waals surface area (Å²) in [5.41, 5.74) is 7.84. The summed E-state index contributed by atoms with van der Waals surface area (Å²) >= 11 is 0. The lowest BCUT2D eigenvalue weighted by Crippen LogP contribution is -2.23. The zero-order valence-electron chi connectivity index (χ0n) is 12.0. The van der Waals surface area contributed by atoms with Crippen LogP contribution >= 0.6 is 0 Å². The SMILES string of the molecule is CCNS(=O)(=O)c1ccc(/C=C/C2CC2)c([C@@H](C)N)c1. The van der Waals surface area contributed by atoms with Gasteiger partial charge in [-0.25, -0.2) is 13.1 Å². The second-order valence-electron chi connectivity index (χ2n) is 5.28. The molecule has 3 N–H and O–H groups in total. The molecule has 0 aromatic heterocycles. The normalized spacial score (nSPS) is 17.6. The van der Waals surface area contributed by atoms with E-state index in [0.29, 0.717) is 12.5 Å². The molecule has 4 nitrogen and oxygen atoms in total. The van der Waals surface area contributed by atoms with Crippen LogP contribution in [-0.4, -0.2) is 15.0 Å². The molecule has 0 amide bonds. The van der Waals surface area contributed by atoms with E-state index in [9.17, 15) is 8.42 Å². The Labute approximate surface area is 121 Å². The highest BCUT2D eigenvalue weighted by molar-refractivity contribution is 7.89. The zero-order valence-corrected chi connectivity index (χ0v) is 12.8. The van der Waals surface area contributed by atoms with Gasteiger partial charge >= 0.3 is 0 Å². The van der Waals surface area contributed by atoms with Crippen LogP contribution in [0.5, 0.6) is 0 Å². The van der Waals surface area contributed by atoms with Crippen molar-refractivity contribution >= 4 is 16.1 Å². The molecular weight excluding hydrogens is 272 g/mol. The molecule has 0 heterocycles. The molecule has 1 saturated carbocycles. The summed E-state index contributed by atoms with van der Waals surface area (Å²) in [5.74, 6) is 0.682. The van der Waals surface area contributed by atoms with Crippen LogP contribution in [0.25, 0.3) is 6.08 Å². The predicted molar refractivity (Wildman–Crippen MR) is 81.7 cm³/mol. The Morgan fingerprint density at radius 3 is 2.70 bits per heavy atom. The van der Waals surface area contributed by atoms with Crippen LogP contribution in [0.2, 0.25) is 0 Å². The van der Waals surface area contributed by atoms with Gasteiger partial charge in [0.15, 0.2) is 0 Å². The summed E-state index contributed by atoms with van der Waals surface area (Å²) in [6, 6.07) is 4.94. The summed E-state index contributed by atoms with van der Waals surface area (Å²) in [7, 11) is -3.43. The lowest BCUT2D eigenvalue weighted by atomic mass is 10.0. The maximum Gasteiger partial charge on any atom is 0.240 e. The van der Waals surface area contributed by atoms with Crippen molar-refractivity contribution in [3.8, 4) is 0 Å². The van der Waals surface area contributed by atoms with Gasteiger partial charge in [-0.1, -0.05) is 25.1 Å². The highest BCUT2D eigenvalue weighted by Crippen LogP contribution is 2.31. The standard InChI is InChI=1S/C15H22N2O2S/c1-3-17-20(18,19)14-9-8-13(7-6-12-4-5-12)15(10-14)11(2)16/h6-12,17H,3-5,16H2,1-2H3/b7-6+/t11-/m1/s1. The van der Waals surface area contributed by atoms with Crippen LogP contribution in [0, 0.1) is 5.92 Å². The van der Waals surface area contributed by atoms with Crippen molar-refractivity contribution in [1.29, 1.82) is 0 Å². The molecule has 2 rings (SSSR count). The molecule has 0 bridgehead atoms. The number of rotatable bonds is 6. The van der Waals surface area contributed by atoms with Gasteiger partial charge < -0.3 is 5.73 Å². The van der Waals surface area contributed by atoms with Crippen molar-refractivity contribution < 1.29 is 8.42 Å². The Kier molecular flexibility index (Phi) is 4.62. The molecule has 0 unspecified atom stereocenters. The quantitative estimate of drug-likeness (QED) is 0.846. The number of nitrogens with one attached hydrogen (secondary N) is 1. The molecule has 5 heteroatoms. The molecule has 0 spiro atoms. The smallest absolute Gasteiger partial charge is 0.240 e. The van der Waals surface area contributed by atoms with Crippen LogP contribution in [0.4, 0.5) is 0 Å². The van der Waals surface area contributed by atoms with E-state index in [1.54, 1.807) is 19.1 Å². The van der Waals surface area contributed by atoms with Crippen molar-refractivity contribution in [3.05, 3.63) is 35.4 Å². The maximum atomic E-state index is 12.0. The molecule has 20 heavy (non-hydrogen) atoms. The van der Waals surface area contributed by atoms with Crippen LogP contribution < -0.4 is 10.5 Å². The van der Waals surface area contributed by atoms with Crippen molar-refractivity contribution in [2.24, 2.45) is 11.7 Å². The molecule has 0 radical (unpaired) electrons. The summed E-state index contributed by atoms with van der Waals surface area (Å²) in [4.78, 5) is 0.273. The van der Waals surface area contributed by atoms with Crippen LogP contribution in [-0.2, 0) is 10.0 Å². The third-order valence-corrected chi connectivity index (χ3v) is 4.91. The number of hydrogen-bond acceptors (Lipinski definition) is 3. The van der Waals surface area contributed by atoms with Gasteiger partial charge in [0, 0.05) is 12.6 Å². The Balaban J connectivity index is 2.36. The van der Waals surface area contributed by atoms with Gasteiger partial charge in [-0.15, -0.1) is 0 Å². The van der Waals surface area contributed by atoms with Crippen molar-refractivity contribution in [1.82, 2.24) is 4.72 Å². The predicted octanol–water partition coefficient (Wildman–Crippen LogP) is 2.43. The number of benzene rings is 1. The molecule has 0 aliphatic heterocycles. The first-order valence-corrected chi connectivity index (χ1v) is 8.49. The second-order valence-corrected chi connectivity index (χ2v) is 7.04. The van der Waals surface area contributed by atoms with Crippen molar-refractivity contribution in [2.75, 3.05) is 6.54 Å². The fourth-order valence-electron chi connectivity index (χ4n) is 2.07. The number of allylic oxidation sites excluding steroid dienone is 1. The number of nitrogens with two attached hydrogens (primary N) is 1. The lowest BCUT2D eigenvalue weighted by molar-refractivity contribution is 0.583. The van der Waals surface area contributed by atoms with Gasteiger partial charge in [-0.3, -0.25) is 0 Å². The minimum atomic E-state index is -3.43. The zero-order chi connectivity index (χ0) is 14.8. The molecule has 1 aliphatic carbocycles. The van der Waals surface area contributed by atoms with E-state index >= 15 is 0 Å².